The number of sulfonamides is 1. The molecule has 2 rings (SSSR count). The molecule has 0 aliphatic heterocycles. The molecule has 7 heteroatoms. The van der Waals surface area contributed by atoms with Gasteiger partial charge in [0.15, 0.2) is 0 Å². The molecule has 0 aliphatic carbocycles. The summed E-state index contributed by atoms with van der Waals surface area (Å²) >= 11 is 0. The van der Waals surface area contributed by atoms with Crippen LogP contribution in [0.4, 0.5) is 17.1 Å². The fraction of sp³-hybridized carbons (Fsp3) is 0.350. The Kier molecular flexibility index (Phi) is 6.85. The Morgan fingerprint density at radius 2 is 1.44 bits per heavy atom. The maximum absolute atomic E-state index is 12.7. The molecule has 2 aromatic rings. The van der Waals surface area contributed by atoms with Gasteiger partial charge in [-0.2, -0.15) is 0 Å². The number of hydrogen-bond donors (Lipinski definition) is 0. The molecule has 0 saturated carbocycles. The molecular formula is C20H27N3O3S. The van der Waals surface area contributed by atoms with E-state index in [9.17, 15) is 13.2 Å². The normalized spacial score (nSPS) is 11.1. The van der Waals surface area contributed by atoms with Crippen LogP contribution < -0.4 is 14.1 Å². The van der Waals surface area contributed by atoms with Crippen LogP contribution in [0.1, 0.15) is 13.3 Å². The molecule has 0 radical (unpaired) electrons. The van der Waals surface area contributed by atoms with E-state index in [-0.39, 0.29) is 18.9 Å². The summed E-state index contributed by atoms with van der Waals surface area (Å²) in [4.78, 5) is 16.3. The molecule has 0 bridgehead atoms. The Hall–Kier alpha value is -2.54. The molecule has 0 unspecified atom stereocenters. The average molecular weight is 390 g/mol. The minimum Gasteiger partial charge on any atom is -0.378 e. The summed E-state index contributed by atoms with van der Waals surface area (Å²) in [5, 5.41) is 0. The summed E-state index contributed by atoms with van der Waals surface area (Å²) in [6.45, 7) is 2.53. The van der Waals surface area contributed by atoms with Crippen molar-refractivity contribution in [3.63, 3.8) is 0 Å². The van der Waals surface area contributed by atoms with Crippen LogP contribution >= 0.6 is 0 Å². The van der Waals surface area contributed by atoms with E-state index in [1.54, 1.807) is 17.0 Å². The first-order valence-electron chi connectivity index (χ1n) is 8.84. The third-order valence-electron chi connectivity index (χ3n) is 4.27. The van der Waals surface area contributed by atoms with Crippen molar-refractivity contribution in [2.24, 2.45) is 0 Å². The number of para-hydroxylation sites is 1. The minimum absolute atomic E-state index is 0.0995. The van der Waals surface area contributed by atoms with Gasteiger partial charge in [-0.1, -0.05) is 18.2 Å². The summed E-state index contributed by atoms with van der Waals surface area (Å²) in [7, 11) is 0.348. The Morgan fingerprint density at radius 3 is 1.93 bits per heavy atom. The SMILES string of the molecule is CCN(C(=O)CCN(c1ccc(N(C)C)cc1)S(C)(=O)=O)c1ccccc1. The van der Waals surface area contributed by atoms with Gasteiger partial charge in [-0.25, -0.2) is 8.42 Å². The number of hydrogen-bond acceptors (Lipinski definition) is 4. The van der Waals surface area contributed by atoms with Gasteiger partial charge in [-0.05, 0) is 43.3 Å². The first-order chi connectivity index (χ1) is 12.7. The Bertz CT molecular complexity index is 850. The van der Waals surface area contributed by atoms with Gasteiger partial charge in [-0.3, -0.25) is 9.10 Å². The minimum atomic E-state index is -3.49. The summed E-state index contributed by atoms with van der Waals surface area (Å²) in [6.07, 6.45) is 1.26. The van der Waals surface area contributed by atoms with E-state index in [1.807, 2.05) is 68.4 Å². The van der Waals surface area contributed by atoms with Gasteiger partial charge in [0.2, 0.25) is 15.9 Å². The standard InChI is InChI=1S/C20H27N3O3S/c1-5-22(18-9-7-6-8-10-18)20(24)15-16-23(27(4,25)26)19-13-11-17(12-14-19)21(2)3/h6-14H,5,15-16H2,1-4H3. The summed E-state index contributed by atoms with van der Waals surface area (Å²) in [5.74, 6) is -0.109. The molecule has 0 N–H and O–H groups in total. The van der Waals surface area contributed by atoms with Crippen molar-refractivity contribution >= 4 is 33.0 Å². The van der Waals surface area contributed by atoms with Crippen LogP contribution in [-0.4, -0.2) is 47.8 Å². The van der Waals surface area contributed by atoms with Gasteiger partial charge in [-0.15, -0.1) is 0 Å². The Balaban J connectivity index is 2.16. The quantitative estimate of drug-likeness (QED) is 0.696. The lowest BCUT2D eigenvalue weighted by atomic mass is 10.2. The second-order valence-corrected chi connectivity index (χ2v) is 8.38. The lowest BCUT2D eigenvalue weighted by molar-refractivity contribution is -0.118. The van der Waals surface area contributed by atoms with Crippen LogP contribution in [0.5, 0.6) is 0 Å². The third-order valence-corrected chi connectivity index (χ3v) is 5.46. The number of anilines is 3. The fourth-order valence-corrected chi connectivity index (χ4v) is 3.77. The zero-order valence-corrected chi connectivity index (χ0v) is 17.1. The van der Waals surface area contributed by atoms with Crippen molar-refractivity contribution in [2.75, 3.05) is 47.5 Å². The Morgan fingerprint density at radius 1 is 0.889 bits per heavy atom. The van der Waals surface area contributed by atoms with Gasteiger partial charge in [0.25, 0.3) is 0 Å². The van der Waals surface area contributed by atoms with E-state index in [0.717, 1.165) is 17.6 Å². The van der Waals surface area contributed by atoms with Crippen molar-refractivity contribution in [2.45, 2.75) is 13.3 Å². The van der Waals surface area contributed by atoms with Crippen LogP contribution in [0.25, 0.3) is 0 Å². The van der Waals surface area contributed by atoms with Crippen molar-refractivity contribution < 1.29 is 13.2 Å². The Labute approximate surface area is 162 Å². The second-order valence-electron chi connectivity index (χ2n) is 6.47. The third kappa shape index (κ3) is 5.47. The topological polar surface area (TPSA) is 60.9 Å². The zero-order valence-electron chi connectivity index (χ0n) is 16.3. The number of carbonyl (C=O) groups is 1. The maximum atomic E-state index is 12.7. The monoisotopic (exact) mass is 389 g/mol. The number of benzene rings is 2. The molecule has 1 amide bonds. The van der Waals surface area contributed by atoms with Crippen molar-refractivity contribution in [1.29, 1.82) is 0 Å². The molecular weight excluding hydrogens is 362 g/mol. The van der Waals surface area contributed by atoms with Gasteiger partial charge >= 0.3 is 0 Å². The zero-order chi connectivity index (χ0) is 20.0. The predicted molar refractivity (Wildman–Crippen MR) is 112 cm³/mol. The van der Waals surface area contributed by atoms with Gasteiger partial charge < -0.3 is 9.80 Å². The van der Waals surface area contributed by atoms with Crippen LogP contribution in [0.15, 0.2) is 54.6 Å². The van der Waals surface area contributed by atoms with E-state index < -0.39 is 10.0 Å². The van der Waals surface area contributed by atoms with Gasteiger partial charge in [0, 0.05) is 45.0 Å². The van der Waals surface area contributed by atoms with Crippen LogP contribution in [0, 0.1) is 0 Å². The molecule has 27 heavy (non-hydrogen) atoms. The molecule has 0 atom stereocenters. The highest BCUT2D eigenvalue weighted by Crippen LogP contribution is 2.22. The smallest absolute Gasteiger partial charge is 0.232 e. The first-order valence-corrected chi connectivity index (χ1v) is 10.7. The summed E-state index contributed by atoms with van der Waals surface area (Å²) in [5.41, 5.74) is 2.34. The van der Waals surface area contributed by atoms with Crippen LogP contribution in [0.2, 0.25) is 0 Å². The fourth-order valence-electron chi connectivity index (χ4n) is 2.85. The van der Waals surface area contributed by atoms with E-state index in [2.05, 4.69) is 0 Å². The van der Waals surface area contributed by atoms with Crippen LogP contribution in [0.3, 0.4) is 0 Å². The molecule has 6 nitrogen and oxygen atoms in total. The number of rotatable bonds is 8. The molecule has 0 aromatic heterocycles. The summed E-state index contributed by atoms with van der Waals surface area (Å²) < 4.78 is 25.8. The van der Waals surface area contributed by atoms with E-state index in [1.165, 1.54) is 4.31 Å². The van der Waals surface area contributed by atoms with Crippen molar-refractivity contribution in [3.05, 3.63) is 54.6 Å². The van der Waals surface area contributed by atoms with E-state index in [0.29, 0.717) is 12.2 Å². The number of carbonyl (C=O) groups excluding carboxylic acids is 1. The van der Waals surface area contributed by atoms with Crippen molar-refractivity contribution in [1.82, 2.24) is 0 Å². The first kappa shape index (κ1) is 20.8. The maximum Gasteiger partial charge on any atom is 0.232 e. The molecule has 146 valence electrons. The number of nitrogens with zero attached hydrogens (tertiary/aromatic N) is 3. The van der Waals surface area contributed by atoms with Crippen LogP contribution in [-0.2, 0) is 14.8 Å². The highest BCUT2D eigenvalue weighted by atomic mass is 32.2. The molecule has 0 heterocycles. The van der Waals surface area contributed by atoms with E-state index in [4.69, 9.17) is 0 Å². The van der Waals surface area contributed by atoms with Gasteiger partial charge in [0.05, 0.1) is 11.9 Å². The largest absolute Gasteiger partial charge is 0.378 e. The highest BCUT2D eigenvalue weighted by Gasteiger charge is 2.21. The lowest BCUT2D eigenvalue weighted by Gasteiger charge is -2.25. The summed E-state index contributed by atoms with van der Waals surface area (Å²) in [6, 6.07) is 16.6. The van der Waals surface area contributed by atoms with Crippen molar-refractivity contribution in [3.8, 4) is 0 Å². The lowest BCUT2D eigenvalue weighted by Crippen LogP contribution is -2.36. The second kappa shape index (κ2) is 8.90. The molecule has 0 aliphatic rings. The predicted octanol–water partition coefficient (Wildman–Crippen LogP) is 2.96. The highest BCUT2D eigenvalue weighted by molar-refractivity contribution is 7.92. The average Bonchev–Trinajstić information content (AvgIpc) is 2.62. The number of amides is 1. The molecule has 0 spiro atoms. The molecule has 2 aromatic carbocycles. The molecule has 0 saturated heterocycles. The van der Waals surface area contributed by atoms with E-state index >= 15 is 0 Å². The molecule has 0 fully saturated rings. The van der Waals surface area contributed by atoms with Gasteiger partial charge in [0.1, 0.15) is 0 Å².